The first-order valence-corrected chi connectivity index (χ1v) is 5.92. The van der Waals surface area contributed by atoms with Crippen molar-refractivity contribution in [2.24, 2.45) is 5.92 Å². The summed E-state index contributed by atoms with van der Waals surface area (Å²) in [5.41, 5.74) is -0.0651. The molecule has 17 heavy (non-hydrogen) atoms. The van der Waals surface area contributed by atoms with Crippen molar-refractivity contribution in [1.29, 1.82) is 0 Å². The third kappa shape index (κ3) is 3.09. The van der Waals surface area contributed by atoms with Gasteiger partial charge in [-0.3, -0.25) is 4.79 Å². The number of carbonyl (C=O) groups is 1. The van der Waals surface area contributed by atoms with Crippen molar-refractivity contribution < 1.29 is 14.3 Å². The fourth-order valence-electron chi connectivity index (χ4n) is 1.60. The molecule has 1 atom stereocenters. The Labute approximate surface area is 104 Å². The lowest BCUT2D eigenvalue weighted by atomic mass is 10.1. The second kappa shape index (κ2) is 4.92. The van der Waals surface area contributed by atoms with Crippen molar-refractivity contribution in [2.75, 3.05) is 6.54 Å². The molecule has 0 spiro atoms. The molecule has 3 nitrogen and oxygen atoms in total. The van der Waals surface area contributed by atoms with Crippen LogP contribution in [0.4, 0.5) is 4.39 Å². The highest BCUT2D eigenvalue weighted by molar-refractivity contribution is 6.21. The average molecular weight is 258 g/mol. The van der Waals surface area contributed by atoms with Crippen LogP contribution in [0, 0.1) is 11.7 Å². The number of rotatable bonds is 4. The fourth-order valence-corrected chi connectivity index (χ4v) is 1.93. The van der Waals surface area contributed by atoms with E-state index in [4.69, 9.17) is 11.6 Å². The quantitative estimate of drug-likeness (QED) is 0.813. The van der Waals surface area contributed by atoms with Gasteiger partial charge in [0, 0.05) is 6.54 Å². The minimum atomic E-state index is -0.558. The molecule has 1 aliphatic rings. The van der Waals surface area contributed by atoms with E-state index in [1.807, 2.05) is 0 Å². The monoisotopic (exact) mass is 257 g/mol. The molecule has 0 saturated heterocycles. The van der Waals surface area contributed by atoms with E-state index in [1.54, 1.807) is 0 Å². The summed E-state index contributed by atoms with van der Waals surface area (Å²) in [6.07, 6.45) is 2.19. The summed E-state index contributed by atoms with van der Waals surface area (Å²) >= 11 is 6.03. The average Bonchev–Trinajstić information content (AvgIpc) is 3.12. The van der Waals surface area contributed by atoms with Crippen molar-refractivity contribution in [3.8, 4) is 5.75 Å². The highest BCUT2D eigenvalue weighted by Gasteiger charge is 2.29. The zero-order chi connectivity index (χ0) is 12.4. The van der Waals surface area contributed by atoms with Crippen LogP contribution in [-0.4, -0.2) is 22.9 Å². The van der Waals surface area contributed by atoms with Gasteiger partial charge in [-0.1, -0.05) is 0 Å². The van der Waals surface area contributed by atoms with Gasteiger partial charge in [-0.25, -0.2) is 4.39 Å². The highest BCUT2D eigenvalue weighted by atomic mass is 35.5. The minimum Gasteiger partial charge on any atom is -0.507 e. The lowest BCUT2D eigenvalue weighted by Gasteiger charge is -2.10. The molecule has 1 fully saturated rings. The van der Waals surface area contributed by atoms with Gasteiger partial charge in [-0.15, -0.1) is 11.6 Å². The molecule has 1 aromatic rings. The van der Waals surface area contributed by atoms with Gasteiger partial charge in [-0.2, -0.15) is 0 Å². The number of aromatic hydroxyl groups is 1. The van der Waals surface area contributed by atoms with Gasteiger partial charge in [-0.05, 0) is 37.0 Å². The van der Waals surface area contributed by atoms with E-state index in [1.165, 1.54) is 0 Å². The third-order valence-electron chi connectivity index (χ3n) is 2.79. The minimum absolute atomic E-state index is 0.0651. The smallest absolute Gasteiger partial charge is 0.255 e. The summed E-state index contributed by atoms with van der Waals surface area (Å²) in [6, 6.07) is 3.26. The van der Waals surface area contributed by atoms with Gasteiger partial charge in [0.2, 0.25) is 0 Å². The van der Waals surface area contributed by atoms with E-state index in [0.717, 1.165) is 31.0 Å². The Morgan fingerprint density at radius 3 is 2.94 bits per heavy atom. The zero-order valence-corrected chi connectivity index (χ0v) is 9.88. The van der Waals surface area contributed by atoms with E-state index >= 15 is 0 Å². The Balaban J connectivity index is 1.96. The van der Waals surface area contributed by atoms with Crippen molar-refractivity contribution in [1.82, 2.24) is 5.32 Å². The van der Waals surface area contributed by atoms with Gasteiger partial charge in [0.1, 0.15) is 11.6 Å². The number of hydrogen-bond acceptors (Lipinski definition) is 2. The largest absolute Gasteiger partial charge is 0.507 e. The molecule has 1 aromatic carbocycles. The Kier molecular flexibility index (Phi) is 3.52. The van der Waals surface area contributed by atoms with Gasteiger partial charge >= 0.3 is 0 Å². The number of phenolic OH excluding ortho intramolecular Hbond substituents is 1. The number of benzene rings is 1. The molecule has 1 aliphatic carbocycles. The number of phenols is 1. The van der Waals surface area contributed by atoms with Crippen molar-refractivity contribution in [3.63, 3.8) is 0 Å². The summed E-state index contributed by atoms with van der Waals surface area (Å²) in [7, 11) is 0. The molecule has 5 heteroatoms. The summed E-state index contributed by atoms with van der Waals surface area (Å²) < 4.78 is 12.9. The first-order chi connectivity index (χ1) is 8.08. The van der Waals surface area contributed by atoms with Crippen molar-refractivity contribution in [3.05, 3.63) is 29.6 Å². The molecule has 2 rings (SSSR count). The van der Waals surface area contributed by atoms with Gasteiger partial charge in [0.25, 0.3) is 5.91 Å². The van der Waals surface area contributed by atoms with Crippen LogP contribution >= 0.6 is 11.6 Å². The molecule has 1 unspecified atom stereocenters. The summed E-state index contributed by atoms with van der Waals surface area (Å²) in [6.45, 7) is 0.334. The SMILES string of the molecule is O=C(NCC(Cl)C1CC1)c1cc(F)ccc1O. The first-order valence-electron chi connectivity index (χ1n) is 5.48. The number of amides is 1. The number of nitrogens with one attached hydrogen (secondary N) is 1. The number of alkyl halides is 1. The predicted octanol–water partition coefficient (Wildman–Crippen LogP) is 2.28. The molecule has 1 saturated carbocycles. The standard InChI is InChI=1S/C12H13ClFNO2/c13-10(7-1-2-7)6-15-12(17)9-5-8(14)3-4-11(9)16/h3-5,7,10,16H,1-2,6H2,(H,15,17). The lowest BCUT2D eigenvalue weighted by molar-refractivity contribution is 0.0950. The second-order valence-corrected chi connectivity index (χ2v) is 4.79. The van der Waals surface area contributed by atoms with Crippen LogP contribution in [0.1, 0.15) is 23.2 Å². The van der Waals surface area contributed by atoms with Crippen LogP contribution in [-0.2, 0) is 0 Å². The van der Waals surface area contributed by atoms with Crippen LogP contribution in [0.5, 0.6) is 5.75 Å². The zero-order valence-electron chi connectivity index (χ0n) is 9.12. The van der Waals surface area contributed by atoms with Crippen LogP contribution in [0.25, 0.3) is 0 Å². The first kappa shape index (κ1) is 12.2. The summed E-state index contributed by atoms with van der Waals surface area (Å²) in [4.78, 5) is 11.7. The number of carbonyl (C=O) groups excluding carboxylic acids is 1. The molecule has 0 bridgehead atoms. The molecule has 0 radical (unpaired) electrons. The summed E-state index contributed by atoms with van der Waals surface area (Å²) in [5, 5.41) is 11.9. The molecule has 0 heterocycles. The van der Waals surface area contributed by atoms with Crippen LogP contribution in [0.2, 0.25) is 0 Å². The van der Waals surface area contributed by atoms with Crippen molar-refractivity contribution >= 4 is 17.5 Å². The lowest BCUT2D eigenvalue weighted by Crippen LogP contribution is -2.30. The van der Waals surface area contributed by atoms with E-state index in [-0.39, 0.29) is 16.7 Å². The maximum absolute atomic E-state index is 12.9. The molecule has 0 aliphatic heterocycles. The Bertz CT molecular complexity index is 435. The Morgan fingerprint density at radius 2 is 2.29 bits per heavy atom. The Hall–Kier alpha value is -1.29. The third-order valence-corrected chi connectivity index (χ3v) is 3.31. The van der Waals surface area contributed by atoms with Gasteiger partial charge in [0.15, 0.2) is 0 Å². The summed E-state index contributed by atoms with van der Waals surface area (Å²) in [5.74, 6) is -0.828. The molecule has 92 valence electrons. The topological polar surface area (TPSA) is 49.3 Å². The van der Waals surface area contributed by atoms with E-state index in [2.05, 4.69) is 5.32 Å². The Morgan fingerprint density at radius 1 is 1.59 bits per heavy atom. The predicted molar refractivity (Wildman–Crippen MR) is 62.8 cm³/mol. The maximum Gasteiger partial charge on any atom is 0.255 e. The molecule has 1 amide bonds. The van der Waals surface area contributed by atoms with Crippen LogP contribution in [0.15, 0.2) is 18.2 Å². The van der Waals surface area contributed by atoms with Crippen LogP contribution < -0.4 is 5.32 Å². The molecular weight excluding hydrogens is 245 g/mol. The maximum atomic E-state index is 12.9. The van der Waals surface area contributed by atoms with Crippen molar-refractivity contribution in [2.45, 2.75) is 18.2 Å². The normalized spacial score (nSPS) is 16.6. The van der Waals surface area contributed by atoms with E-state index in [9.17, 15) is 14.3 Å². The molecular formula is C12H13ClFNO2. The molecule has 0 aromatic heterocycles. The highest BCUT2D eigenvalue weighted by Crippen LogP contribution is 2.35. The van der Waals surface area contributed by atoms with Gasteiger partial charge < -0.3 is 10.4 Å². The van der Waals surface area contributed by atoms with E-state index < -0.39 is 11.7 Å². The number of halogens is 2. The fraction of sp³-hybridized carbons (Fsp3) is 0.417. The number of hydrogen-bond donors (Lipinski definition) is 2. The van der Waals surface area contributed by atoms with Crippen LogP contribution in [0.3, 0.4) is 0 Å². The molecule has 2 N–H and O–H groups in total. The second-order valence-electron chi connectivity index (χ2n) is 4.22. The van der Waals surface area contributed by atoms with Gasteiger partial charge in [0.05, 0.1) is 10.9 Å². The van der Waals surface area contributed by atoms with E-state index in [0.29, 0.717) is 12.5 Å².